The van der Waals surface area contributed by atoms with Crippen LogP contribution in [0.25, 0.3) is 0 Å². The van der Waals surface area contributed by atoms with Crippen LogP contribution in [0.4, 0.5) is 0 Å². The van der Waals surface area contributed by atoms with Crippen LogP contribution < -0.4 is 18.7 Å². The van der Waals surface area contributed by atoms with E-state index in [0.717, 1.165) is 0 Å². The van der Waals surface area contributed by atoms with Gasteiger partial charge in [0.05, 0.1) is 0 Å². The molecule has 0 aromatic rings. The predicted molar refractivity (Wildman–Crippen MR) is 11.7 cm³/mol. The molecule has 0 unspecified atom stereocenters. The van der Waals surface area contributed by atoms with Crippen LogP contribution in [0.2, 0.25) is 0 Å². The largest absolute Gasteiger partial charge is 0.405 e. The Bertz CT molecular complexity index is 15.5. The van der Waals surface area contributed by atoms with Gasteiger partial charge in [-0.1, -0.05) is 0 Å². The van der Waals surface area contributed by atoms with Crippen LogP contribution in [0.15, 0.2) is 0 Å². The molecule has 0 rings (SSSR count). The predicted octanol–water partition coefficient (Wildman–Crippen LogP) is -3.57. The summed E-state index contributed by atoms with van der Waals surface area (Å²) < 4.78 is 25.6. The minimum Gasteiger partial charge on any atom is -0.405 e. The molecule has 0 aliphatic rings. The number of quaternary nitrogens is 1. The Morgan fingerprint density at radius 3 is 1.00 bits per heavy atom. The maximum atomic E-state index is 8.52. The molecular formula is H4BaBrNO3. The molecule has 6 heteroatoms. The summed E-state index contributed by atoms with van der Waals surface area (Å²) in [5.41, 5.74) is 0. The van der Waals surface area contributed by atoms with Crippen molar-refractivity contribution in [3.8, 4) is 0 Å². The van der Waals surface area contributed by atoms with Crippen molar-refractivity contribution < 1.29 is 27.4 Å². The zero-order valence-corrected chi connectivity index (χ0v) is 9.34. The molecule has 0 spiro atoms. The summed E-state index contributed by atoms with van der Waals surface area (Å²) >= 11 is -3.65. The normalized spacial score (nSPS) is 6.00. The van der Waals surface area contributed by atoms with Gasteiger partial charge in [-0.3, -0.25) is 0 Å². The monoisotopic (exact) mass is 283 g/mol. The van der Waals surface area contributed by atoms with Gasteiger partial charge in [0, 0.05) is 48.9 Å². The molecule has 0 saturated carbocycles. The molecule has 2 radical (unpaired) electrons. The summed E-state index contributed by atoms with van der Waals surface area (Å²) in [6.45, 7) is 0. The molecule has 0 saturated heterocycles. The van der Waals surface area contributed by atoms with Gasteiger partial charge in [-0.15, -0.1) is 0 Å². The minimum atomic E-state index is -3.65. The number of hydrogen-bond donors (Lipinski definition) is 1. The number of hydrogen-bond acceptors (Lipinski definition) is 3. The fourth-order valence-electron chi connectivity index (χ4n) is 0. The second kappa shape index (κ2) is 10.00. The third kappa shape index (κ3) is 39.4. The van der Waals surface area contributed by atoms with E-state index in [2.05, 4.69) is 0 Å². The van der Waals surface area contributed by atoms with Crippen LogP contribution in [0.5, 0.6) is 0 Å². The Kier molecular flexibility index (Phi) is 26.1. The van der Waals surface area contributed by atoms with Gasteiger partial charge >= 0.3 is 0 Å². The van der Waals surface area contributed by atoms with Gasteiger partial charge < -0.3 is 18.7 Å². The Morgan fingerprint density at radius 1 is 1.00 bits per heavy atom. The summed E-state index contributed by atoms with van der Waals surface area (Å²) in [4.78, 5) is 0. The Balaban J connectivity index is -0.0000000450. The molecule has 0 heterocycles. The van der Waals surface area contributed by atoms with Crippen molar-refractivity contribution in [2.45, 2.75) is 0 Å². The zero-order chi connectivity index (χ0) is 3.58. The van der Waals surface area contributed by atoms with Gasteiger partial charge in [-0.05, 0) is 0 Å². The van der Waals surface area contributed by atoms with E-state index in [1.807, 2.05) is 0 Å². The molecular weight excluding hydrogens is 279 g/mol. The second-order valence-electron chi connectivity index (χ2n) is 0.189. The Morgan fingerprint density at radius 2 is 1.00 bits per heavy atom. The van der Waals surface area contributed by atoms with Crippen molar-refractivity contribution in [2.24, 2.45) is 0 Å². The zero-order valence-electron chi connectivity index (χ0n) is 3.31. The first-order valence-corrected chi connectivity index (χ1v) is 2.41. The first-order valence-electron chi connectivity index (χ1n) is 0.463. The van der Waals surface area contributed by atoms with E-state index < -0.39 is 14.8 Å². The van der Waals surface area contributed by atoms with Crippen molar-refractivity contribution in [1.82, 2.24) is 6.15 Å². The standard InChI is InChI=1S/Ba.BrO3.H3N/c;2-1(3)4;/h;;1H3/q;-1;/p+1. The summed E-state index contributed by atoms with van der Waals surface area (Å²) in [7, 11) is 0. The molecule has 4 N–H and O–H groups in total. The molecule has 0 aromatic heterocycles. The molecule has 0 fully saturated rings. The van der Waals surface area contributed by atoms with Crippen molar-refractivity contribution >= 4 is 48.9 Å². The summed E-state index contributed by atoms with van der Waals surface area (Å²) in [6.07, 6.45) is 0. The van der Waals surface area contributed by atoms with Crippen LogP contribution in [-0.4, -0.2) is 48.9 Å². The van der Waals surface area contributed by atoms with E-state index in [-0.39, 0.29) is 55.0 Å². The SMILES string of the molecule is [Ba].[NH4+].[O-][Br+2]([O-])[O-]. The van der Waals surface area contributed by atoms with E-state index in [9.17, 15) is 0 Å². The molecule has 36 valence electrons. The molecule has 4 nitrogen and oxygen atoms in total. The van der Waals surface area contributed by atoms with E-state index >= 15 is 0 Å². The molecule has 0 atom stereocenters. The fraction of sp³-hybridized carbons (Fsp3) is 0. The van der Waals surface area contributed by atoms with Crippen LogP contribution in [0.1, 0.15) is 0 Å². The van der Waals surface area contributed by atoms with Gasteiger partial charge in [0.25, 0.3) is 0 Å². The summed E-state index contributed by atoms with van der Waals surface area (Å²) in [6, 6.07) is 0. The smallest absolute Gasteiger partial charge is 0.216 e. The summed E-state index contributed by atoms with van der Waals surface area (Å²) in [5, 5.41) is 0. The third-order valence-electron chi connectivity index (χ3n) is 0. The first kappa shape index (κ1) is 15.7. The average Bonchev–Trinajstić information content (AvgIpc) is 0.811. The van der Waals surface area contributed by atoms with Crippen LogP contribution in [0, 0.1) is 14.8 Å². The summed E-state index contributed by atoms with van der Waals surface area (Å²) in [5.74, 6) is 0. The maximum Gasteiger partial charge on any atom is 0.216 e. The third-order valence-corrected chi connectivity index (χ3v) is 0. The van der Waals surface area contributed by atoms with Crippen LogP contribution in [0.3, 0.4) is 0 Å². The van der Waals surface area contributed by atoms with E-state index in [1.165, 1.54) is 0 Å². The average molecular weight is 283 g/mol. The Labute approximate surface area is 81.0 Å². The van der Waals surface area contributed by atoms with Crippen molar-refractivity contribution in [3.05, 3.63) is 0 Å². The Hall–Kier alpha value is 1.89. The van der Waals surface area contributed by atoms with Crippen molar-refractivity contribution in [1.29, 1.82) is 0 Å². The van der Waals surface area contributed by atoms with Gasteiger partial charge in [0.2, 0.25) is 14.8 Å². The van der Waals surface area contributed by atoms with Gasteiger partial charge in [-0.2, -0.15) is 0 Å². The van der Waals surface area contributed by atoms with Gasteiger partial charge in [0.1, 0.15) is 0 Å². The van der Waals surface area contributed by atoms with E-state index in [0.29, 0.717) is 0 Å². The topological polar surface area (TPSA) is 106 Å². The first-order chi connectivity index (χ1) is 1.73. The molecule has 0 bridgehead atoms. The van der Waals surface area contributed by atoms with Gasteiger partial charge in [0.15, 0.2) is 0 Å². The van der Waals surface area contributed by atoms with E-state index in [4.69, 9.17) is 12.6 Å². The molecule has 0 aromatic carbocycles. The number of rotatable bonds is 0. The second-order valence-corrected chi connectivity index (χ2v) is 0.982. The van der Waals surface area contributed by atoms with Crippen molar-refractivity contribution in [2.75, 3.05) is 0 Å². The quantitative estimate of drug-likeness (QED) is 0.465. The molecule has 0 aliphatic carbocycles. The van der Waals surface area contributed by atoms with Crippen molar-refractivity contribution in [3.63, 3.8) is 0 Å². The number of halogens is 1. The van der Waals surface area contributed by atoms with Crippen LogP contribution >= 0.6 is 0 Å². The maximum absolute atomic E-state index is 8.52. The van der Waals surface area contributed by atoms with Crippen LogP contribution in [-0.2, 0) is 0 Å². The minimum absolute atomic E-state index is 0. The van der Waals surface area contributed by atoms with Gasteiger partial charge in [-0.25, -0.2) is 0 Å². The fourth-order valence-corrected chi connectivity index (χ4v) is 0. The molecule has 6 heavy (non-hydrogen) atoms. The molecule has 0 aliphatic heterocycles. The molecule has 0 amide bonds. The van der Waals surface area contributed by atoms with E-state index in [1.54, 1.807) is 0 Å².